The van der Waals surface area contributed by atoms with Crippen LogP contribution in [0.25, 0.3) is 11.0 Å². The zero-order chi connectivity index (χ0) is 18.1. The maximum atomic E-state index is 13.0. The molecule has 1 aromatic heterocycles. The summed E-state index contributed by atoms with van der Waals surface area (Å²) in [6, 6.07) is 12.8. The van der Waals surface area contributed by atoms with Crippen LogP contribution < -0.4 is 10.5 Å². The summed E-state index contributed by atoms with van der Waals surface area (Å²) in [5.74, 6) is -0.375. The molecular weight excluding hydrogens is 450 g/mol. The van der Waals surface area contributed by atoms with Gasteiger partial charge in [0, 0.05) is 22.1 Å². The van der Waals surface area contributed by atoms with Crippen LogP contribution in [0, 0.1) is 6.92 Å². The maximum Gasteiger partial charge on any atom is 0.349 e. The highest BCUT2D eigenvalue weighted by atomic mass is 79.9. The fourth-order valence-electron chi connectivity index (χ4n) is 2.69. The number of aryl methyl sites for hydroxylation is 1. The van der Waals surface area contributed by atoms with Gasteiger partial charge in [-0.25, -0.2) is 4.79 Å². The molecule has 0 radical (unpaired) electrons. The van der Waals surface area contributed by atoms with Gasteiger partial charge in [0.1, 0.15) is 5.56 Å². The number of carbonyl (C=O) groups is 1. The van der Waals surface area contributed by atoms with Crippen LogP contribution in [-0.2, 0) is 0 Å². The molecule has 0 saturated carbocycles. The highest BCUT2D eigenvalue weighted by Crippen LogP contribution is 2.28. The van der Waals surface area contributed by atoms with Gasteiger partial charge in [-0.2, -0.15) is 0 Å². The molecule has 0 aliphatic carbocycles. The van der Waals surface area contributed by atoms with Gasteiger partial charge in [-0.3, -0.25) is 4.79 Å². The first-order valence-electron chi connectivity index (χ1n) is 7.72. The Morgan fingerprint density at radius 3 is 2.60 bits per heavy atom. The molecule has 25 heavy (non-hydrogen) atoms. The molecule has 0 aliphatic rings. The normalized spacial score (nSPS) is 10.9. The van der Waals surface area contributed by atoms with Crippen LogP contribution in [-0.4, -0.2) is 12.5 Å². The van der Waals surface area contributed by atoms with Crippen LogP contribution in [0.5, 0.6) is 0 Å². The van der Waals surface area contributed by atoms with Crippen molar-refractivity contribution >= 4 is 54.4 Å². The molecule has 1 heterocycles. The Labute approximate surface area is 161 Å². The van der Waals surface area contributed by atoms with Crippen LogP contribution >= 0.6 is 31.9 Å². The van der Waals surface area contributed by atoms with E-state index in [1.165, 1.54) is 0 Å². The van der Waals surface area contributed by atoms with Gasteiger partial charge < -0.3 is 9.32 Å². The van der Waals surface area contributed by atoms with Crippen LogP contribution in [0.4, 0.5) is 5.69 Å². The van der Waals surface area contributed by atoms with E-state index in [-0.39, 0.29) is 11.5 Å². The van der Waals surface area contributed by atoms with Crippen molar-refractivity contribution in [2.45, 2.75) is 13.8 Å². The Balaban J connectivity index is 2.12. The number of hydrogen-bond acceptors (Lipinski definition) is 3. The SMILES string of the molecule is CCN(C(=O)c1cc2cc(Br)cc(Br)c2oc1=O)c1cccc(C)c1. The zero-order valence-electron chi connectivity index (χ0n) is 13.7. The predicted octanol–water partition coefficient (Wildman–Crippen LogP) is 5.29. The Kier molecular flexibility index (Phi) is 5.11. The van der Waals surface area contributed by atoms with Gasteiger partial charge in [0.15, 0.2) is 5.58 Å². The van der Waals surface area contributed by atoms with E-state index in [9.17, 15) is 9.59 Å². The van der Waals surface area contributed by atoms with Crippen molar-refractivity contribution in [3.8, 4) is 0 Å². The van der Waals surface area contributed by atoms with E-state index in [1.54, 1.807) is 17.0 Å². The molecule has 3 aromatic rings. The molecule has 0 fully saturated rings. The third-order valence-corrected chi connectivity index (χ3v) is 4.90. The second kappa shape index (κ2) is 7.14. The summed E-state index contributed by atoms with van der Waals surface area (Å²) in [6.45, 7) is 4.28. The van der Waals surface area contributed by atoms with Crippen molar-refractivity contribution in [2.75, 3.05) is 11.4 Å². The molecule has 0 atom stereocenters. The average Bonchev–Trinajstić information content (AvgIpc) is 2.55. The number of halogens is 2. The minimum Gasteiger partial charge on any atom is -0.421 e. The van der Waals surface area contributed by atoms with Crippen molar-refractivity contribution in [1.29, 1.82) is 0 Å². The van der Waals surface area contributed by atoms with Crippen molar-refractivity contribution in [3.05, 3.63) is 73.0 Å². The average molecular weight is 465 g/mol. The zero-order valence-corrected chi connectivity index (χ0v) is 16.8. The van der Waals surface area contributed by atoms with Crippen LogP contribution in [0.2, 0.25) is 0 Å². The van der Waals surface area contributed by atoms with E-state index in [0.717, 1.165) is 15.7 Å². The lowest BCUT2D eigenvalue weighted by atomic mass is 10.1. The second-order valence-corrected chi connectivity index (χ2v) is 7.41. The van der Waals surface area contributed by atoms with Gasteiger partial charge in [0.25, 0.3) is 5.91 Å². The standard InChI is InChI=1S/C19H15Br2NO3/c1-3-22(14-6-4-5-11(2)7-14)18(23)15-9-12-8-13(20)10-16(21)17(12)25-19(15)24/h4-10H,3H2,1-2H3. The Hall–Kier alpha value is -1.92. The number of nitrogens with zero attached hydrogens (tertiary/aromatic N) is 1. The molecule has 4 nitrogen and oxygen atoms in total. The van der Waals surface area contributed by atoms with Gasteiger partial charge in [-0.05, 0) is 65.7 Å². The molecule has 0 spiro atoms. The minimum absolute atomic E-state index is 0.0147. The Bertz CT molecular complexity index is 1030. The predicted molar refractivity (Wildman–Crippen MR) is 106 cm³/mol. The molecule has 6 heteroatoms. The van der Waals surface area contributed by atoms with Crippen LogP contribution in [0.15, 0.2) is 60.6 Å². The van der Waals surface area contributed by atoms with Crippen molar-refractivity contribution in [2.24, 2.45) is 0 Å². The number of amides is 1. The lowest BCUT2D eigenvalue weighted by Gasteiger charge is -2.21. The number of hydrogen-bond donors (Lipinski definition) is 0. The van der Waals surface area contributed by atoms with E-state index in [2.05, 4.69) is 31.9 Å². The third kappa shape index (κ3) is 3.55. The summed E-state index contributed by atoms with van der Waals surface area (Å²) < 4.78 is 6.86. The van der Waals surface area contributed by atoms with E-state index in [4.69, 9.17) is 4.42 Å². The number of anilines is 1. The molecule has 0 saturated heterocycles. The molecule has 0 aliphatic heterocycles. The molecule has 128 valence electrons. The minimum atomic E-state index is -0.647. The van der Waals surface area contributed by atoms with Crippen molar-refractivity contribution < 1.29 is 9.21 Å². The van der Waals surface area contributed by atoms with Gasteiger partial charge in [0.05, 0.1) is 4.47 Å². The fraction of sp³-hybridized carbons (Fsp3) is 0.158. The third-order valence-electron chi connectivity index (χ3n) is 3.86. The number of rotatable bonds is 3. The topological polar surface area (TPSA) is 50.5 Å². The van der Waals surface area contributed by atoms with Gasteiger partial charge >= 0.3 is 5.63 Å². The van der Waals surface area contributed by atoms with E-state index in [0.29, 0.717) is 22.0 Å². The first-order valence-corrected chi connectivity index (χ1v) is 9.30. The fourth-order valence-corrected chi connectivity index (χ4v) is 4.03. The highest BCUT2D eigenvalue weighted by molar-refractivity contribution is 9.11. The molecule has 2 aromatic carbocycles. The maximum absolute atomic E-state index is 13.0. The Morgan fingerprint density at radius 1 is 1.16 bits per heavy atom. The summed E-state index contributed by atoms with van der Waals surface area (Å²) in [5.41, 5.74) is 1.58. The quantitative estimate of drug-likeness (QED) is 0.494. The lowest BCUT2D eigenvalue weighted by Crippen LogP contribution is -2.34. The smallest absolute Gasteiger partial charge is 0.349 e. The summed E-state index contributed by atoms with van der Waals surface area (Å²) in [7, 11) is 0. The molecule has 3 rings (SSSR count). The van der Waals surface area contributed by atoms with Crippen LogP contribution in [0.1, 0.15) is 22.8 Å². The monoisotopic (exact) mass is 463 g/mol. The highest BCUT2D eigenvalue weighted by Gasteiger charge is 2.21. The van der Waals surface area contributed by atoms with Crippen molar-refractivity contribution in [1.82, 2.24) is 0 Å². The Morgan fingerprint density at radius 2 is 1.92 bits per heavy atom. The van der Waals surface area contributed by atoms with E-state index in [1.807, 2.05) is 44.2 Å². The van der Waals surface area contributed by atoms with Gasteiger partial charge in [-0.1, -0.05) is 28.1 Å². The van der Waals surface area contributed by atoms with Gasteiger partial charge in [-0.15, -0.1) is 0 Å². The van der Waals surface area contributed by atoms with E-state index >= 15 is 0 Å². The number of carbonyl (C=O) groups excluding carboxylic acids is 1. The molecule has 1 amide bonds. The first kappa shape index (κ1) is 17.9. The summed E-state index contributed by atoms with van der Waals surface area (Å²) in [6.07, 6.45) is 0. The molecule has 0 N–H and O–H groups in total. The first-order chi connectivity index (χ1) is 11.9. The van der Waals surface area contributed by atoms with Crippen molar-refractivity contribution in [3.63, 3.8) is 0 Å². The summed E-state index contributed by atoms with van der Waals surface area (Å²) in [4.78, 5) is 26.9. The molecule has 0 bridgehead atoms. The largest absolute Gasteiger partial charge is 0.421 e. The second-order valence-electron chi connectivity index (χ2n) is 5.64. The van der Waals surface area contributed by atoms with Crippen LogP contribution in [0.3, 0.4) is 0 Å². The molecule has 0 unspecified atom stereocenters. The summed E-state index contributed by atoms with van der Waals surface area (Å²) in [5, 5.41) is 0.671. The number of benzene rings is 2. The summed E-state index contributed by atoms with van der Waals surface area (Å²) >= 11 is 6.78. The van der Waals surface area contributed by atoms with E-state index < -0.39 is 5.63 Å². The molecular formula is C19H15Br2NO3. The lowest BCUT2D eigenvalue weighted by molar-refractivity contribution is 0.0985. The number of fused-ring (bicyclic) bond motifs is 1. The van der Waals surface area contributed by atoms with Gasteiger partial charge in [0.2, 0.25) is 0 Å².